The molecule has 0 aromatic carbocycles. The van der Waals surface area contributed by atoms with Crippen LogP contribution < -0.4 is 5.32 Å². The number of thiazole rings is 1. The second kappa shape index (κ2) is 6.53. The molecule has 2 heterocycles. The van der Waals surface area contributed by atoms with Crippen molar-refractivity contribution in [3.05, 3.63) is 35.1 Å². The number of esters is 1. The van der Waals surface area contributed by atoms with Crippen LogP contribution in [0, 0.1) is 6.92 Å². The Kier molecular flexibility index (Phi) is 4.74. The summed E-state index contributed by atoms with van der Waals surface area (Å²) in [5.41, 5.74) is 0.558. The minimum Gasteiger partial charge on any atom is -0.462 e. The summed E-state index contributed by atoms with van der Waals surface area (Å²) in [6.45, 7) is 5.56. The number of carbonyl (C=O) groups excluding carboxylic acids is 2. The van der Waals surface area contributed by atoms with Gasteiger partial charge in [-0.25, -0.2) is 9.78 Å². The minimum absolute atomic E-state index is 0.185. The van der Waals surface area contributed by atoms with E-state index in [1.54, 1.807) is 25.3 Å². The van der Waals surface area contributed by atoms with Crippen molar-refractivity contribution in [2.45, 2.75) is 26.8 Å². The van der Waals surface area contributed by atoms with Gasteiger partial charge in [0.15, 0.2) is 5.13 Å². The van der Waals surface area contributed by atoms with Gasteiger partial charge in [0.2, 0.25) is 5.91 Å². The first-order valence-electron chi connectivity index (χ1n) is 6.60. The predicted octanol–water partition coefficient (Wildman–Crippen LogP) is 2.63. The van der Waals surface area contributed by atoms with Crippen molar-refractivity contribution >= 4 is 28.3 Å². The fraction of sp³-hybridized carbons (Fsp3) is 0.357. The molecule has 0 radical (unpaired) electrons. The Morgan fingerprint density at radius 2 is 2.10 bits per heavy atom. The summed E-state index contributed by atoms with van der Waals surface area (Å²) in [6, 6.07) is 3.36. The summed E-state index contributed by atoms with van der Waals surface area (Å²) < 4.78 is 6.74. The zero-order chi connectivity index (χ0) is 15.4. The van der Waals surface area contributed by atoms with Gasteiger partial charge in [-0.05, 0) is 32.9 Å². The predicted molar refractivity (Wildman–Crippen MR) is 80.6 cm³/mol. The standard InChI is InChI=1S/C14H17N3O3S/c1-4-20-13(19)11-9(2)15-14(21-11)16-12(18)10(3)17-7-5-6-8-17/h5-8,10H,4H2,1-3H3,(H,15,16,18)/t10-/m1/s1. The molecule has 0 saturated carbocycles. The highest BCUT2D eigenvalue weighted by atomic mass is 32.1. The molecule has 0 unspecified atom stereocenters. The van der Waals surface area contributed by atoms with Crippen LogP contribution in [0.5, 0.6) is 0 Å². The molecular weight excluding hydrogens is 290 g/mol. The SMILES string of the molecule is CCOC(=O)c1sc(NC(=O)[C@@H](C)n2cccc2)nc1C. The van der Waals surface area contributed by atoms with Crippen LogP contribution in [0.15, 0.2) is 24.5 Å². The number of anilines is 1. The fourth-order valence-electron chi connectivity index (χ4n) is 1.79. The number of aromatic nitrogens is 2. The minimum atomic E-state index is -0.411. The Morgan fingerprint density at radius 3 is 2.71 bits per heavy atom. The lowest BCUT2D eigenvalue weighted by Crippen LogP contribution is -2.22. The summed E-state index contributed by atoms with van der Waals surface area (Å²) in [7, 11) is 0. The van der Waals surface area contributed by atoms with Crippen LogP contribution in [0.2, 0.25) is 0 Å². The van der Waals surface area contributed by atoms with Gasteiger partial charge in [-0.3, -0.25) is 4.79 Å². The molecule has 6 nitrogen and oxygen atoms in total. The van der Waals surface area contributed by atoms with Crippen LogP contribution in [0.4, 0.5) is 5.13 Å². The third-order valence-corrected chi connectivity index (χ3v) is 3.99. The zero-order valence-corrected chi connectivity index (χ0v) is 12.9. The molecule has 21 heavy (non-hydrogen) atoms. The molecule has 7 heteroatoms. The van der Waals surface area contributed by atoms with E-state index in [2.05, 4.69) is 10.3 Å². The van der Waals surface area contributed by atoms with Gasteiger partial charge in [-0.15, -0.1) is 0 Å². The average molecular weight is 307 g/mol. The molecule has 0 aliphatic carbocycles. The van der Waals surface area contributed by atoms with Gasteiger partial charge in [-0.1, -0.05) is 11.3 Å². The van der Waals surface area contributed by atoms with Gasteiger partial charge in [0.05, 0.1) is 12.3 Å². The Balaban J connectivity index is 2.08. The van der Waals surface area contributed by atoms with Gasteiger partial charge in [-0.2, -0.15) is 0 Å². The highest BCUT2D eigenvalue weighted by Crippen LogP contribution is 2.24. The monoisotopic (exact) mass is 307 g/mol. The topological polar surface area (TPSA) is 73.2 Å². The van der Waals surface area contributed by atoms with Crippen molar-refractivity contribution in [1.29, 1.82) is 0 Å². The van der Waals surface area contributed by atoms with Gasteiger partial charge in [0.25, 0.3) is 0 Å². The van der Waals surface area contributed by atoms with E-state index < -0.39 is 5.97 Å². The summed E-state index contributed by atoms with van der Waals surface area (Å²) in [5.74, 6) is -0.596. The van der Waals surface area contributed by atoms with E-state index in [9.17, 15) is 9.59 Å². The van der Waals surface area contributed by atoms with Crippen molar-refractivity contribution in [1.82, 2.24) is 9.55 Å². The van der Waals surface area contributed by atoms with E-state index in [1.165, 1.54) is 0 Å². The number of hydrogen-bond donors (Lipinski definition) is 1. The molecule has 0 aliphatic rings. The highest BCUT2D eigenvalue weighted by molar-refractivity contribution is 7.17. The Morgan fingerprint density at radius 1 is 1.43 bits per heavy atom. The van der Waals surface area contributed by atoms with E-state index in [0.29, 0.717) is 22.3 Å². The maximum absolute atomic E-state index is 12.1. The lowest BCUT2D eigenvalue weighted by Gasteiger charge is -2.12. The molecule has 0 fully saturated rings. The Hall–Kier alpha value is -2.15. The number of carbonyl (C=O) groups is 2. The van der Waals surface area contributed by atoms with Gasteiger partial charge >= 0.3 is 5.97 Å². The first-order valence-corrected chi connectivity index (χ1v) is 7.42. The molecule has 0 aliphatic heterocycles. The molecule has 1 N–H and O–H groups in total. The number of amides is 1. The van der Waals surface area contributed by atoms with Crippen molar-refractivity contribution < 1.29 is 14.3 Å². The molecular formula is C14H17N3O3S. The molecule has 1 amide bonds. The van der Waals surface area contributed by atoms with Crippen molar-refractivity contribution in [2.75, 3.05) is 11.9 Å². The second-order valence-electron chi connectivity index (χ2n) is 4.45. The molecule has 0 saturated heterocycles. The first-order chi connectivity index (χ1) is 10.0. The number of nitrogens with one attached hydrogen (secondary N) is 1. The van der Waals surface area contributed by atoms with E-state index in [0.717, 1.165) is 11.3 Å². The second-order valence-corrected chi connectivity index (χ2v) is 5.45. The van der Waals surface area contributed by atoms with Crippen molar-refractivity contribution in [3.63, 3.8) is 0 Å². The highest BCUT2D eigenvalue weighted by Gasteiger charge is 2.20. The van der Waals surface area contributed by atoms with E-state index in [-0.39, 0.29) is 11.9 Å². The summed E-state index contributed by atoms with van der Waals surface area (Å²) in [4.78, 5) is 28.5. The van der Waals surface area contributed by atoms with Crippen molar-refractivity contribution in [2.24, 2.45) is 0 Å². The number of hydrogen-bond acceptors (Lipinski definition) is 5. The van der Waals surface area contributed by atoms with E-state index in [4.69, 9.17) is 4.74 Å². The quantitative estimate of drug-likeness (QED) is 0.862. The van der Waals surface area contributed by atoms with E-state index in [1.807, 2.05) is 24.5 Å². The summed E-state index contributed by atoms with van der Waals surface area (Å²) >= 11 is 1.12. The number of nitrogens with zero attached hydrogens (tertiary/aromatic N) is 2. The maximum atomic E-state index is 12.1. The van der Waals surface area contributed by atoms with Crippen LogP contribution in [-0.2, 0) is 9.53 Å². The molecule has 1 atom stereocenters. The molecule has 2 aromatic heterocycles. The van der Waals surface area contributed by atoms with Gasteiger partial charge in [0, 0.05) is 12.4 Å². The number of rotatable bonds is 5. The van der Waals surface area contributed by atoms with Crippen LogP contribution in [0.3, 0.4) is 0 Å². The normalized spacial score (nSPS) is 12.0. The van der Waals surface area contributed by atoms with Gasteiger partial charge in [0.1, 0.15) is 10.9 Å². The maximum Gasteiger partial charge on any atom is 0.350 e. The zero-order valence-electron chi connectivity index (χ0n) is 12.1. The molecule has 0 bridgehead atoms. The average Bonchev–Trinajstić information content (AvgIpc) is 3.07. The Labute approximate surface area is 126 Å². The molecule has 112 valence electrons. The first kappa shape index (κ1) is 15.2. The largest absolute Gasteiger partial charge is 0.462 e. The van der Waals surface area contributed by atoms with Crippen molar-refractivity contribution in [3.8, 4) is 0 Å². The number of aryl methyl sites for hydroxylation is 1. The lowest BCUT2D eigenvalue weighted by molar-refractivity contribution is -0.118. The van der Waals surface area contributed by atoms with Gasteiger partial charge < -0.3 is 14.6 Å². The third kappa shape index (κ3) is 3.49. The summed E-state index contributed by atoms with van der Waals surface area (Å²) in [5, 5.41) is 3.13. The van der Waals surface area contributed by atoms with Crippen LogP contribution >= 0.6 is 11.3 Å². The number of ether oxygens (including phenoxy) is 1. The van der Waals surface area contributed by atoms with Crippen LogP contribution in [0.1, 0.15) is 35.3 Å². The Bertz CT molecular complexity index is 634. The van der Waals surface area contributed by atoms with E-state index >= 15 is 0 Å². The fourth-order valence-corrected chi connectivity index (χ4v) is 2.65. The van der Waals surface area contributed by atoms with Crippen LogP contribution in [-0.4, -0.2) is 28.0 Å². The summed E-state index contributed by atoms with van der Waals surface area (Å²) in [6.07, 6.45) is 3.64. The molecule has 0 spiro atoms. The lowest BCUT2D eigenvalue weighted by atomic mass is 10.3. The van der Waals surface area contributed by atoms with Crippen LogP contribution in [0.25, 0.3) is 0 Å². The smallest absolute Gasteiger partial charge is 0.350 e. The molecule has 2 rings (SSSR count). The molecule has 2 aromatic rings. The third-order valence-electron chi connectivity index (χ3n) is 2.94.